The molecule has 0 aromatic heterocycles. The zero-order valence-corrected chi connectivity index (χ0v) is 7.39. The van der Waals surface area contributed by atoms with E-state index in [0.29, 0.717) is 11.7 Å². The second-order valence-electron chi connectivity index (χ2n) is 3.61. The summed E-state index contributed by atoms with van der Waals surface area (Å²) in [4.78, 5) is 11.4. The largest absolute Gasteiger partial charge is 0.295 e. The fraction of sp³-hybridized carbons (Fsp3) is 0.700. The lowest BCUT2D eigenvalue weighted by molar-refractivity contribution is -0.118. The van der Waals surface area contributed by atoms with Gasteiger partial charge in [0.2, 0.25) is 0 Å². The van der Waals surface area contributed by atoms with E-state index >= 15 is 0 Å². The van der Waals surface area contributed by atoms with E-state index in [0.717, 1.165) is 18.4 Å². The first kappa shape index (κ1) is 8.51. The maximum absolute atomic E-state index is 11.4. The van der Waals surface area contributed by atoms with Crippen LogP contribution in [0.1, 0.15) is 39.5 Å². The summed E-state index contributed by atoms with van der Waals surface area (Å²) in [5.74, 6) is 0.701. The number of rotatable bonds is 2. The van der Waals surface area contributed by atoms with Gasteiger partial charge in [-0.05, 0) is 32.8 Å². The van der Waals surface area contributed by atoms with E-state index in [2.05, 4.69) is 0 Å². The molecule has 0 radical (unpaired) electrons. The number of hydrogen-bond acceptors (Lipinski definition) is 1. The van der Waals surface area contributed by atoms with Crippen LogP contribution < -0.4 is 0 Å². The van der Waals surface area contributed by atoms with Crippen LogP contribution in [-0.2, 0) is 4.79 Å². The molecule has 0 aromatic carbocycles. The van der Waals surface area contributed by atoms with Crippen LogP contribution >= 0.6 is 0 Å². The third-order valence-corrected chi connectivity index (χ3v) is 2.19. The molecule has 0 aliphatic heterocycles. The molecule has 1 fully saturated rings. The van der Waals surface area contributed by atoms with Crippen molar-refractivity contribution in [1.29, 1.82) is 0 Å². The Kier molecular flexibility index (Phi) is 2.86. The molecule has 0 unspecified atom stereocenters. The van der Waals surface area contributed by atoms with Crippen molar-refractivity contribution >= 4 is 5.78 Å². The van der Waals surface area contributed by atoms with E-state index in [-0.39, 0.29) is 0 Å². The van der Waals surface area contributed by atoms with Crippen LogP contribution in [0.2, 0.25) is 0 Å². The van der Waals surface area contributed by atoms with Crippen LogP contribution in [0.3, 0.4) is 0 Å². The van der Waals surface area contributed by atoms with Gasteiger partial charge in [-0.15, -0.1) is 0 Å². The van der Waals surface area contributed by atoms with Crippen molar-refractivity contribution in [3.63, 3.8) is 0 Å². The molecule has 0 N–H and O–H groups in total. The van der Waals surface area contributed by atoms with E-state index in [1.165, 1.54) is 12.8 Å². The number of carbonyl (C=O) groups is 1. The van der Waals surface area contributed by atoms with E-state index in [1.807, 2.05) is 13.8 Å². The maximum Gasteiger partial charge on any atom is 0.158 e. The number of allylic oxidation sites excluding steroid dienone is 2. The van der Waals surface area contributed by atoms with Gasteiger partial charge in [0.15, 0.2) is 5.78 Å². The molecule has 0 atom stereocenters. The van der Waals surface area contributed by atoms with Crippen molar-refractivity contribution in [3.8, 4) is 0 Å². The van der Waals surface area contributed by atoms with Crippen molar-refractivity contribution in [2.45, 2.75) is 39.5 Å². The Morgan fingerprint density at radius 3 is 2.27 bits per heavy atom. The van der Waals surface area contributed by atoms with Gasteiger partial charge in [-0.2, -0.15) is 0 Å². The molecule has 0 bridgehead atoms. The molecule has 0 heterocycles. The zero-order chi connectivity index (χ0) is 8.27. The van der Waals surface area contributed by atoms with E-state index in [9.17, 15) is 4.79 Å². The summed E-state index contributed by atoms with van der Waals surface area (Å²) in [6, 6.07) is 0. The zero-order valence-electron chi connectivity index (χ0n) is 7.39. The number of hydrogen-bond donors (Lipinski definition) is 0. The minimum Gasteiger partial charge on any atom is -0.295 e. The molecule has 1 heteroatoms. The molecule has 1 nitrogen and oxygen atoms in total. The minimum absolute atomic E-state index is 0.350. The third kappa shape index (κ3) is 2.49. The first-order valence-corrected chi connectivity index (χ1v) is 4.39. The molecule has 1 aliphatic carbocycles. The van der Waals surface area contributed by atoms with E-state index in [4.69, 9.17) is 0 Å². The van der Waals surface area contributed by atoms with Gasteiger partial charge in [0.05, 0.1) is 0 Å². The van der Waals surface area contributed by atoms with Crippen LogP contribution in [0.15, 0.2) is 11.6 Å². The lowest BCUT2D eigenvalue weighted by Gasteiger charge is -2.02. The van der Waals surface area contributed by atoms with Crippen molar-refractivity contribution in [3.05, 3.63) is 11.6 Å². The number of carbonyl (C=O) groups excluding carboxylic acids is 1. The topological polar surface area (TPSA) is 17.1 Å². The highest BCUT2D eigenvalue weighted by molar-refractivity contribution is 5.92. The molecule has 1 rings (SSSR count). The van der Waals surface area contributed by atoms with Crippen LogP contribution in [0, 0.1) is 5.92 Å². The Balaban J connectivity index is 2.47. The van der Waals surface area contributed by atoms with Crippen LogP contribution in [0.25, 0.3) is 0 Å². The minimum atomic E-state index is 0.350. The monoisotopic (exact) mass is 152 g/mol. The average molecular weight is 152 g/mol. The highest BCUT2D eigenvalue weighted by atomic mass is 16.1. The molecule has 11 heavy (non-hydrogen) atoms. The highest BCUT2D eigenvalue weighted by Crippen LogP contribution is 2.25. The Morgan fingerprint density at radius 1 is 1.27 bits per heavy atom. The predicted octanol–water partition coefficient (Wildman–Crippen LogP) is 2.71. The van der Waals surface area contributed by atoms with Crippen molar-refractivity contribution in [2.24, 2.45) is 5.92 Å². The highest BCUT2D eigenvalue weighted by Gasteiger charge is 2.20. The van der Waals surface area contributed by atoms with Crippen LogP contribution in [0.5, 0.6) is 0 Å². The molecule has 0 spiro atoms. The molecule has 0 amide bonds. The summed E-state index contributed by atoms with van der Waals surface area (Å²) in [5.41, 5.74) is 1.13. The lowest BCUT2D eigenvalue weighted by atomic mass is 10.0. The van der Waals surface area contributed by atoms with Gasteiger partial charge in [-0.25, -0.2) is 0 Å². The van der Waals surface area contributed by atoms with Crippen molar-refractivity contribution in [1.82, 2.24) is 0 Å². The Labute approximate surface area is 68.5 Å². The van der Waals surface area contributed by atoms with Gasteiger partial charge in [0.1, 0.15) is 0 Å². The van der Waals surface area contributed by atoms with Gasteiger partial charge >= 0.3 is 0 Å². The summed E-state index contributed by atoms with van der Waals surface area (Å²) in [7, 11) is 0. The summed E-state index contributed by atoms with van der Waals surface area (Å²) in [6.07, 6.45) is 6.50. The van der Waals surface area contributed by atoms with Crippen LogP contribution in [-0.4, -0.2) is 5.78 Å². The fourth-order valence-corrected chi connectivity index (χ4v) is 1.61. The lowest BCUT2D eigenvalue weighted by Crippen LogP contribution is -2.07. The summed E-state index contributed by atoms with van der Waals surface area (Å²) >= 11 is 0. The average Bonchev–Trinajstić information content (AvgIpc) is 2.35. The first-order chi connectivity index (χ1) is 5.20. The van der Waals surface area contributed by atoms with Gasteiger partial charge in [-0.1, -0.05) is 18.4 Å². The van der Waals surface area contributed by atoms with Gasteiger partial charge < -0.3 is 0 Å². The standard InChI is InChI=1S/C10H16O/c1-8(2)7-10(11)9-5-3-4-6-9/h7,9H,3-6H2,1-2H3. The summed E-state index contributed by atoms with van der Waals surface area (Å²) in [6.45, 7) is 3.96. The Bertz CT molecular complexity index is 169. The van der Waals surface area contributed by atoms with Gasteiger partial charge in [0.25, 0.3) is 0 Å². The number of ketones is 1. The first-order valence-electron chi connectivity index (χ1n) is 4.39. The van der Waals surface area contributed by atoms with Crippen LogP contribution in [0.4, 0.5) is 0 Å². The van der Waals surface area contributed by atoms with E-state index in [1.54, 1.807) is 6.08 Å². The Hall–Kier alpha value is -0.590. The summed E-state index contributed by atoms with van der Waals surface area (Å²) < 4.78 is 0. The molecule has 0 saturated heterocycles. The Morgan fingerprint density at radius 2 is 1.82 bits per heavy atom. The quantitative estimate of drug-likeness (QED) is 0.556. The maximum atomic E-state index is 11.4. The molecule has 0 aromatic rings. The molecular weight excluding hydrogens is 136 g/mol. The second kappa shape index (κ2) is 3.70. The van der Waals surface area contributed by atoms with Crippen molar-refractivity contribution in [2.75, 3.05) is 0 Å². The van der Waals surface area contributed by atoms with Crippen molar-refractivity contribution < 1.29 is 4.79 Å². The normalized spacial score (nSPS) is 18.4. The molecular formula is C10H16O. The second-order valence-corrected chi connectivity index (χ2v) is 3.61. The van der Waals surface area contributed by atoms with E-state index < -0.39 is 0 Å². The summed E-state index contributed by atoms with van der Waals surface area (Å²) in [5, 5.41) is 0. The SMILES string of the molecule is CC(C)=CC(=O)C1CCCC1. The predicted molar refractivity (Wildman–Crippen MR) is 46.4 cm³/mol. The third-order valence-electron chi connectivity index (χ3n) is 2.19. The molecule has 1 aliphatic rings. The fourth-order valence-electron chi connectivity index (χ4n) is 1.61. The molecule has 62 valence electrons. The van der Waals surface area contributed by atoms with Gasteiger partial charge in [0, 0.05) is 5.92 Å². The molecule has 1 saturated carbocycles. The van der Waals surface area contributed by atoms with Gasteiger partial charge in [-0.3, -0.25) is 4.79 Å². The smallest absolute Gasteiger partial charge is 0.158 e.